The maximum absolute atomic E-state index is 13.2. The number of dihydropyridines is 1. The Morgan fingerprint density at radius 3 is 1.24 bits per heavy atom. The van der Waals surface area contributed by atoms with E-state index in [2.05, 4.69) is 105 Å². The van der Waals surface area contributed by atoms with Crippen LogP contribution in [0.2, 0.25) is 0 Å². The van der Waals surface area contributed by atoms with Crippen LogP contribution in [0.1, 0.15) is 11.5 Å². The number of esters is 2. The van der Waals surface area contributed by atoms with E-state index in [1.54, 1.807) is 12.4 Å². The number of hydrogen-bond acceptors (Lipinski definition) is 5. The molecule has 0 unspecified atom stereocenters. The smallest absolute Gasteiger partial charge is 0.336 e. The molecule has 1 N–H and O–H groups in total. The second kappa shape index (κ2) is 10.8. The lowest BCUT2D eigenvalue weighted by Crippen LogP contribution is -2.26. The maximum Gasteiger partial charge on any atom is 0.336 e. The molecule has 2 aromatic heterocycles. The Morgan fingerprint density at radius 2 is 0.891 bits per heavy atom. The molecular weight excluding hydrogens is 574 g/mol. The number of carbonyl (C=O) groups excluding carboxylic acids is 2. The molecule has 8 rings (SSSR count). The van der Waals surface area contributed by atoms with E-state index in [9.17, 15) is 9.59 Å². The third-order valence-electron chi connectivity index (χ3n) is 8.88. The van der Waals surface area contributed by atoms with E-state index < -0.39 is 17.9 Å². The number of para-hydroxylation sites is 4. The molecule has 0 bridgehead atoms. The van der Waals surface area contributed by atoms with Gasteiger partial charge in [0.1, 0.15) is 0 Å². The average molecular weight is 604 g/mol. The molecule has 0 spiro atoms. The highest BCUT2D eigenvalue weighted by Gasteiger charge is 2.34. The molecular formula is C39H29N3O4. The number of nitrogens with one attached hydrogen (secondary N) is 1. The molecule has 1 aliphatic heterocycles. The molecule has 46 heavy (non-hydrogen) atoms. The molecule has 0 amide bonds. The summed E-state index contributed by atoms with van der Waals surface area (Å²) < 4.78 is 14.9. The Balaban J connectivity index is 1.49. The summed E-state index contributed by atoms with van der Waals surface area (Å²) >= 11 is 0. The van der Waals surface area contributed by atoms with Crippen molar-refractivity contribution >= 4 is 55.6 Å². The highest BCUT2D eigenvalue weighted by atomic mass is 16.5. The highest BCUT2D eigenvalue weighted by molar-refractivity contribution is 6.10. The van der Waals surface area contributed by atoms with Crippen LogP contribution in [0.25, 0.3) is 55.0 Å². The molecule has 0 fully saturated rings. The van der Waals surface area contributed by atoms with Crippen LogP contribution in [-0.2, 0) is 19.1 Å². The van der Waals surface area contributed by atoms with Crippen molar-refractivity contribution in [2.24, 2.45) is 0 Å². The van der Waals surface area contributed by atoms with Crippen molar-refractivity contribution in [3.8, 4) is 11.4 Å². The Morgan fingerprint density at radius 1 is 0.543 bits per heavy atom. The second-order valence-electron chi connectivity index (χ2n) is 11.3. The Bertz CT molecular complexity index is 2160. The SMILES string of the molecule is COC(=O)C1=CNC=C(C(=O)OC)C1c1cc(-n2c3ccccc3c3ccccc32)cc(-n2c3ccccc3c3ccccc32)c1. The van der Waals surface area contributed by atoms with Crippen molar-refractivity contribution in [2.75, 3.05) is 14.2 Å². The first-order valence-corrected chi connectivity index (χ1v) is 15.0. The largest absolute Gasteiger partial charge is 0.466 e. The molecule has 0 saturated carbocycles. The quantitative estimate of drug-likeness (QED) is 0.204. The van der Waals surface area contributed by atoms with Gasteiger partial charge in [0.15, 0.2) is 0 Å². The van der Waals surface area contributed by atoms with Crippen molar-refractivity contribution in [2.45, 2.75) is 5.92 Å². The topological polar surface area (TPSA) is 74.5 Å². The van der Waals surface area contributed by atoms with Gasteiger partial charge in [0.05, 0.1) is 53.4 Å². The van der Waals surface area contributed by atoms with Crippen LogP contribution in [0, 0.1) is 0 Å². The number of ether oxygens (including phenoxy) is 2. The summed E-state index contributed by atoms with van der Waals surface area (Å²) in [5, 5.41) is 7.49. The molecule has 1 aliphatic rings. The van der Waals surface area contributed by atoms with Gasteiger partial charge < -0.3 is 23.9 Å². The number of carbonyl (C=O) groups is 2. The molecule has 0 saturated heterocycles. The van der Waals surface area contributed by atoms with Gasteiger partial charge in [-0.1, -0.05) is 72.8 Å². The van der Waals surface area contributed by atoms with Crippen molar-refractivity contribution < 1.29 is 19.1 Å². The summed E-state index contributed by atoms with van der Waals surface area (Å²) in [4.78, 5) is 26.4. The summed E-state index contributed by atoms with van der Waals surface area (Å²) in [5.41, 5.74) is 7.32. The van der Waals surface area contributed by atoms with Gasteiger partial charge in [-0.15, -0.1) is 0 Å². The summed E-state index contributed by atoms with van der Waals surface area (Å²) in [6.07, 6.45) is 3.19. The van der Waals surface area contributed by atoms with Crippen molar-refractivity contribution in [1.29, 1.82) is 0 Å². The first-order valence-electron chi connectivity index (χ1n) is 15.0. The Kier molecular flexibility index (Phi) is 6.46. The van der Waals surface area contributed by atoms with E-state index in [4.69, 9.17) is 9.47 Å². The van der Waals surface area contributed by atoms with Crippen LogP contribution >= 0.6 is 0 Å². The summed E-state index contributed by atoms with van der Waals surface area (Å²) in [6, 6.07) is 39.6. The second-order valence-corrected chi connectivity index (χ2v) is 11.3. The first-order chi connectivity index (χ1) is 22.6. The van der Waals surface area contributed by atoms with Crippen LogP contribution in [0.3, 0.4) is 0 Å². The lowest BCUT2D eigenvalue weighted by atomic mass is 9.83. The van der Waals surface area contributed by atoms with Gasteiger partial charge in [-0.25, -0.2) is 9.59 Å². The van der Waals surface area contributed by atoms with E-state index >= 15 is 0 Å². The van der Waals surface area contributed by atoms with Crippen LogP contribution in [0.15, 0.2) is 139 Å². The zero-order valence-electron chi connectivity index (χ0n) is 25.2. The number of methoxy groups -OCH3 is 2. The monoisotopic (exact) mass is 603 g/mol. The number of nitrogens with zero attached hydrogens (tertiary/aromatic N) is 2. The minimum atomic E-state index is -0.749. The van der Waals surface area contributed by atoms with Crippen LogP contribution in [0.4, 0.5) is 0 Å². The van der Waals surface area contributed by atoms with Gasteiger partial charge >= 0.3 is 11.9 Å². The van der Waals surface area contributed by atoms with E-state index in [1.807, 2.05) is 24.3 Å². The predicted molar refractivity (Wildman–Crippen MR) is 181 cm³/mol. The van der Waals surface area contributed by atoms with Crippen molar-refractivity contribution in [1.82, 2.24) is 14.5 Å². The normalized spacial score (nSPS) is 13.5. The van der Waals surface area contributed by atoms with Gasteiger partial charge in [-0.3, -0.25) is 0 Å². The number of aromatic nitrogens is 2. The van der Waals surface area contributed by atoms with Crippen molar-refractivity contribution in [3.63, 3.8) is 0 Å². The van der Waals surface area contributed by atoms with E-state index in [1.165, 1.54) is 14.2 Å². The fraction of sp³-hybridized carbons (Fsp3) is 0.0769. The summed E-state index contributed by atoms with van der Waals surface area (Å²) in [7, 11) is 2.68. The van der Waals surface area contributed by atoms with Gasteiger partial charge in [0, 0.05) is 45.3 Å². The lowest BCUT2D eigenvalue weighted by Gasteiger charge is -2.26. The minimum Gasteiger partial charge on any atom is -0.466 e. The molecule has 224 valence electrons. The number of hydrogen-bond donors (Lipinski definition) is 1. The van der Waals surface area contributed by atoms with Crippen LogP contribution in [0.5, 0.6) is 0 Å². The first kappa shape index (κ1) is 27.5. The predicted octanol–water partition coefficient (Wildman–Crippen LogP) is 7.68. The Labute approximate surface area is 264 Å². The molecule has 7 aromatic rings. The highest BCUT2D eigenvalue weighted by Crippen LogP contribution is 2.40. The molecule has 0 aliphatic carbocycles. The van der Waals surface area contributed by atoms with Crippen molar-refractivity contribution in [3.05, 3.63) is 144 Å². The minimum absolute atomic E-state index is 0.304. The summed E-state index contributed by atoms with van der Waals surface area (Å²) in [6.45, 7) is 0. The molecule has 0 atom stereocenters. The van der Waals surface area contributed by atoms with Crippen LogP contribution in [-0.4, -0.2) is 35.3 Å². The maximum atomic E-state index is 13.2. The average Bonchev–Trinajstić information content (AvgIpc) is 3.63. The fourth-order valence-electron chi connectivity index (χ4n) is 6.95. The van der Waals surface area contributed by atoms with Gasteiger partial charge in [-0.2, -0.15) is 0 Å². The fourth-order valence-corrected chi connectivity index (χ4v) is 6.95. The molecule has 7 heteroatoms. The van der Waals surface area contributed by atoms with Gasteiger partial charge in [0.2, 0.25) is 0 Å². The van der Waals surface area contributed by atoms with E-state index in [-0.39, 0.29) is 0 Å². The number of benzene rings is 5. The van der Waals surface area contributed by atoms with Gasteiger partial charge in [-0.05, 0) is 48.0 Å². The molecule has 5 aromatic carbocycles. The zero-order valence-corrected chi connectivity index (χ0v) is 25.2. The zero-order chi connectivity index (χ0) is 31.4. The standard InChI is InChI=1S/C39H29N3O4/c1-45-38(43)31-22-40-23-32(39(44)46-2)37(31)24-19-25(41-33-15-7-3-11-27(33)28-12-4-8-16-34(28)41)21-26(20-24)42-35-17-9-5-13-29(35)30-14-6-10-18-36(30)42/h3-23,37,40H,1-2H3. The third kappa shape index (κ3) is 4.13. The number of rotatable bonds is 5. The summed E-state index contributed by atoms with van der Waals surface area (Å²) in [5.74, 6) is -1.82. The van der Waals surface area contributed by atoms with Crippen LogP contribution < -0.4 is 5.32 Å². The molecule has 3 heterocycles. The van der Waals surface area contributed by atoms with Gasteiger partial charge in [0.25, 0.3) is 0 Å². The van der Waals surface area contributed by atoms with E-state index in [0.717, 1.165) is 60.5 Å². The number of fused-ring (bicyclic) bond motifs is 6. The molecule has 0 radical (unpaired) electrons. The van der Waals surface area contributed by atoms with E-state index in [0.29, 0.717) is 11.1 Å². The third-order valence-corrected chi connectivity index (χ3v) is 8.88. The molecule has 7 nitrogen and oxygen atoms in total. The lowest BCUT2D eigenvalue weighted by molar-refractivity contribution is -0.137. The Hall–Kier alpha value is -6.08.